The van der Waals surface area contributed by atoms with Crippen LogP contribution in [0.2, 0.25) is 0 Å². The van der Waals surface area contributed by atoms with Gasteiger partial charge in [-0.25, -0.2) is 9.97 Å². The molecular weight excluding hydrogens is 342 g/mol. The fourth-order valence-corrected chi connectivity index (χ4v) is 4.57. The Morgan fingerprint density at radius 1 is 1.38 bits per heavy atom. The number of nitrogens with zero attached hydrogens (tertiary/aromatic N) is 2. The van der Waals surface area contributed by atoms with E-state index in [9.17, 15) is 4.79 Å². The first-order valence-electron chi connectivity index (χ1n) is 7.66. The van der Waals surface area contributed by atoms with Crippen molar-refractivity contribution in [1.29, 1.82) is 0 Å². The van der Waals surface area contributed by atoms with E-state index in [0.717, 1.165) is 26.8 Å². The van der Waals surface area contributed by atoms with Gasteiger partial charge in [-0.05, 0) is 45.4 Å². The van der Waals surface area contributed by atoms with Gasteiger partial charge < -0.3 is 9.73 Å². The number of fused-ring (bicyclic) bond motifs is 1. The first-order chi connectivity index (χ1) is 11.5. The predicted octanol–water partition coefficient (Wildman–Crippen LogP) is 4.01. The van der Waals surface area contributed by atoms with Gasteiger partial charge in [0.25, 0.3) is 0 Å². The smallest absolute Gasteiger partial charge is 0.233 e. The molecule has 0 aromatic carbocycles. The molecule has 0 radical (unpaired) electrons. The molecule has 3 rings (SSSR count). The van der Waals surface area contributed by atoms with E-state index >= 15 is 0 Å². The van der Waals surface area contributed by atoms with E-state index in [1.165, 1.54) is 22.2 Å². The Bertz CT molecular complexity index is 872. The summed E-state index contributed by atoms with van der Waals surface area (Å²) in [5.74, 6) is 1.44. The number of thioether (sulfide) groups is 1. The van der Waals surface area contributed by atoms with Crippen molar-refractivity contribution in [3.8, 4) is 0 Å². The summed E-state index contributed by atoms with van der Waals surface area (Å²) in [4.78, 5) is 23.7. The van der Waals surface area contributed by atoms with Crippen molar-refractivity contribution in [1.82, 2.24) is 15.3 Å². The average molecular weight is 361 g/mol. The van der Waals surface area contributed by atoms with E-state index in [-0.39, 0.29) is 11.2 Å². The molecule has 1 amide bonds. The number of aromatic nitrogens is 2. The lowest BCUT2D eigenvalue weighted by Crippen LogP contribution is -2.30. The van der Waals surface area contributed by atoms with Crippen molar-refractivity contribution in [2.24, 2.45) is 0 Å². The molecule has 0 aliphatic heterocycles. The van der Waals surface area contributed by atoms with Crippen LogP contribution in [0, 0.1) is 20.8 Å². The average Bonchev–Trinajstić information content (AvgIpc) is 3.13. The Balaban J connectivity index is 1.77. The number of nitrogens with one attached hydrogen (secondary N) is 1. The Morgan fingerprint density at radius 3 is 2.88 bits per heavy atom. The molecule has 1 N–H and O–H groups in total. The van der Waals surface area contributed by atoms with E-state index < -0.39 is 0 Å². The second-order valence-corrected chi connectivity index (χ2v) is 8.13. The van der Waals surface area contributed by atoms with E-state index in [1.54, 1.807) is 17.6 Å². The summed E-state index contributed by atoms with van der Waals surface area (Å²) in [5, 5.41) is 4.58. The van der Waals surface area contributed by atoms with E-state index in [4.69, 9.17) is 4.42 Å². The van der Waals surface area contributed by atoms with Gasteiger partial charge in [0.2, 0.25) is 5.91 Å². The molecule has 3 heterocycles. The van der Waals surface area contributed by atoms with Crippen LogP contribution in [-0.2, 0) is 11.3 Å². The number of aryl methyl sites for hydroxylation is 3. The van der Waals surface area contributed by atoms with Gasteiger partial charge >= 0.3 is 0 Å². The standard InChI is InChI=1S/C17H19N3O2S2/c1-9-10(2)23-16-14(9)17(20-12(4)19-16)24-11(3)15(21)18-8-13-6-5-7-22-13/h5-7,11H,8H2,1-4H3,(H,18,21)/t11-/m0/s1. The summed E-state index contributed by atoms with van der Waals surface area (Å²) < 4.78 is 5.23. The third-order valence-corrected chi connectivity index (χ3v) is 5.97. The van der Waals surface area contributed by atoms with Crippen LogP contribution in [0.5, 0.6) is 0 Å². The second kappa shape index (κ2) is 6.94. The first-order valence-corrected chi connectivity index (χ1v) is 9.36. The maximum atomic E-state index is 12.3. The molecule has 0 saturated heterocycles. The molecule has 7 heteroatoms. The molecule has 0 spiro atoms. The van der Waals surface area contributed by atoms with Crippen molar-refractivity contribution in [3.63, 3.8) is 0 Å². The molecule has 0 saturated carbocycles. The van der Waals surface area contributed by atoms with Gasteiger partial charge in [-0.2, -0.15) is 0 Å². The molecule has 0 aliphatic carbocycles. The van der Waals surface area contributed by atoms with Gasteiger partial charge in [-0.1, -0.05) is 11.8 Å². The largest absolute Gasteiger partial charge is 0.467 e. The molecule has 0 unspecified atom stereocenters. The number of carbonyl (C=O) groups is 1. The molecule has 3 aromatic rings. The van der Waals surface area contributed by atoms with Crippen molar-refractivity contribution >= 4 is 39.2 Å². The number of hydrogen-bond acceptors (Lipinski definition) is 6. The zero-order valence-electron chi connectivity index (χ0n) is 14.0. The van der Waals surface area contributed by atoms with Crippen molar-refractivity contribution in [2.45, 2.75) is 44.5 Å². The summed E-state index contributed by atoms with van der Waals surface area (Å²) in [6.45, 7) is 8.34. The molecular formula is C17H19N3O2S2. The third kappa shape index (κ3) is 3.47. The van der Waals surface area contributed by atoms with Crippen LogP contribution in [0.15, 0.2) is 27.8 Å². The highest BCUT2D eigenvalue weighted by Crippen LogP contribution is 2.36. The van der Waals surface area contributed by atoms with Crippen LogP contribution in [0.1, 0.15) is 28.9 Å². The third-order valence-electron chi connectivity index (χ3n) is 3.78. The maximum absolute atomic E-state index is 12.3. The number of amides is 1. The van der Waals surface area contributed by atoms with Crippen molar-refractivity contribution < 1.29 is 9.21 Å². The fourth-order valence-electron chi connectivity index (χ4n) is 2.35. The molecule has 24 heavy (non-hydrogen) atoms. The quantitative estimate of drug-likeness (QED) is 0.549. The van der Waals surface area contributed by atoms with Crippen LogP contribution in [0.4, 0.5) is 0 Å². The number of hydrogen-bond donors (Lipinski definition) is 1. The summed E-state index contributed by atoms with van der Waals surface area (Å²) in [7, 11) is 0. The minimum atomic E-state index is -0.253. The number of furan rings is 1. The van der Waals surface area contributed by atoms with Crippen molar-refractivity contribution in [2.75, 3.05) is 0 Å². The monoisotopic (exact) mass is 361 g/mol. The highest BCUT2D eigenvalue weighted by molar-refractivity contribution is 8.00. The normalized spacial score (nSPS) is 12.5. The Morgan fingerprint density at radius 2 is 2.17 bits per heavy atom. The first kappa shape index (κ1) is 17.0. The van der Waals surface area contributed by atoms with Crippen LogP contribution in [0.3, 0.4) is 0 Å². The predicted molar refractivity (Wildman–Crippen MR) is 97.5 cm³/mol. The number of rotatable bonds is 5. The summed E-state index contributed by atoms with van der Waals surface area (Å²) in [6.07, 6.45) is 1.60. The number of thiophene rings is 1. The van der Waals surface area contributed by atoms with Crippen LogP contribution < -0.4 is 5.32 Å². The van der Waals surface area contributed by atoms with Crippen LogP contribution in [0.25, 0.3) is 10.2 Å². The summed E-state index contributed by atoms with van der Waals surface area (Å²) in [6, 6.07) is 3.65. The molecule has 0 aliphatic rings. The van der Waals surface area contributed by atoms with Crippen molar-refractivity contribution in [3.05, 3.63) is 40.4 Å². The second-order valence-electron chi connectivity index (χ2n) is 5.60. The summed E-state index contributed by atoms with van der Waals surface area (Å²) in [5.41, 5.74) is 1.20. The van der Waals surface area contributed by atoms with Gasteiger partial charge in [0.05, 0.1) is 18.1 Å². The lowest BCUT2D eigenvalue weighted by atomic mass is 10.2. The minimum absolute atomic E-state index is 0.0366. The van der Waals surface area contributed by atoms with E-state index in [2.05, 4.69) is 29.1 Å². The fraction of sp³-hybridized carbons (Fsp3) is 0.353. The highest BCUT2D eigenvalue weighted by atomic mass is 32.2. The molecule has 3 aromatic heterocycles. The van der Waals surface area contributed by atoms with Gasteiger partial charge in [-0.15, -0.1) is 11.3 Å². The molecule has 126 valence electrons. The Hall–Kier alpha value is -1.86. The lowest BCUT2D eigenvalue weighted by Gasteiger charge is -2.12. The van der Waals surface area contributed by atoms with E-state index in [0.29, 0.717) is 6.54 Å². The minimum Gasteiger partial charge on any atom is -0.467 e. The molecule has 0 fully saturated rings. The number of carbonyl (C=O) groups excluding carboxylic acids is 1. The molecule has 5 nitrogen and oxygen atoms in total. The van der Waals surface area contributed by atoms with Gasteiger partial charge in [-0.3, -0.25) is 4.79 Å². The lowest BCUT2D eigenvalue weighted by molar-refractivity contribution is -0.120. The molecule has 1 atom stereocenters. The maximum Gasteiger partial charge on any atom is 0.233 e. The zero-order chi connectivity index (χ0) is 17.3. The van der Waals surface area contributed by atoms with Gasteiger partial charge in [0.1, 0.15) is 21.4 Å². The highest BCUT2D eigenvalue weighted by Gasteiger charge is 2.20. The SMILES string of the molecule is Cc1nc(S[C@@H](C)C(=O)NCc2ccco2)c2c(C)c(C)sc2n1. The van der Waals surface area contributed by atoms with Gasteiger partial charge in [0, 0.05) is 10.3 Å². The van der Waals surface area contributed by atoms with Crippen LogP contribution >= 0.6 is 23.1 Å². The summed E-state index contributed by atoms with van der Waals surface area (Å²) >= 11 is 3.15. The topological polar surface area (TPSA) is 68.0 Å². The van der Waals surface area contributed by atoms with Crippen LogP contribution in [-0.4, -0.2) is 21.1 Å². The zero-order valence-corrected chi connectivity index (χ0v) is 15.7. The Kier molecular flexibility index (Phi) is 4.91. The van der Waals surface area contributed by atoms with E-state index in [1.807, 2.05) is 26.0 Å². The van der Waals surface area contributed by atoms with Gasteiger partial charge in [0.15, 0.2) is 0 Å². The Labute approximate surface area is 148 Å². The molecule has 0 bridgehead atoms.